The normalized spacial score (nSPS) is 12.2. The van der Waals surface area contributed by atoms with Gasteiger partial charge < -0.3 is 20.3 Å². The van der Waals surface area contributed by atoms with E-state index in [0.717, 1.165) is 25.8 Å². The third-order valence-corrected chi connectivity index (χ3v) is 3.48. The zero-order chi connectivity index (χ0) is 17.9. The number of carbonyl (C=O) groups excluding carboxylic acids is 2. The molecule has 0 spiro atoms. The molecule has 0 radical (unpaired) electrons. The Kier molecular flexibility index (Phi) is 9.03. The van der Waals surface area contributed by atoms with Gasteiger partial charge in [-0.2, -0.15) is 5.10 Å². The fourth-order valence-electron chi connectivity index (χ4n) is 2.14. The smallest absolute Gasteiger partial charge is 0.313 e. The molecule has 136 valence electrons. The van der Waals surface area contributed by atoms with Crippen molar-refractivity contribution < 1.29 is 14.3 Å². The number of rotatable bonds is 10. The van der Waals surface area contributed by atoms with Crippen molar-refractivity contribution in [3.63, 3.8) is 0 Å². The highest BCUT2D eigenvalue weighted by atomic mass is 16.5. The zero-order valence-corrected chi connectivity index (χ0v) is 15.0. The van der Waals surface area contributed by atoms with Crippen molar-refractivity contribution in [3.05, 3.63) is 12.4 Å². The van der Waals surface area contributed by atoms with Crippen LogP contribution in [0.25, 0.3) is 0 Å². The lowest BCUT2D eigenvalue weighted by atomic mass is 10.1. The summed E-state index contributed by atoms with van der Waals surface area (Å²) in [5, 5.41) is 9.43. The summed E-state index contributed by atoms with van der Waals surface area (Å²) in [7, 11) is 5.53. The maximum atomic E-state index is 12.0. The number of ether oxygens (including phenoxy) is 1. The molecule has 0 aliphatic rings. The predicted molar refractivity (Wildman–Crippen MR) is 92.7 cm³/mol. The number of aromatic nitrogens is 2. The lowest BCUT2D eigenvalue weighted by molar-refractivity contribution is -0.136. The van der Waals surface area contributed by atoms with E-state index in [9.17, 15) is 9.59 Å². The minimum absolute atomic E-state index is 0.156. The lowest BCUT2D eigenvalue weighted by Crippen LogP contribution is -2.43. The first-order valence-electron chi connectivity index (χ1n) is 8.24. The van der Waals surface area contributed by atoms with Gasteiger partial charge in [0.25, 0.3) is 0 Å². The highest BCUT2D eigenvalue weighted by molar-refractivity contribution is 6.39. The summed E-state index contributed by atoms with van der Waals surface area (Å²) in [5.41, 5.74) is 0.505. The summed E-state index contributed by atoms with van der Waals surface area (Å²) in [4.78, 5) is 26.0. The molecule has 0 saturated carbocycles. The fourth-order valence-corrected chi connectivity index (χ4v) is 2.14. The fraction of sp³-hybridized carbons (Fsp3) is 0.688. The molecule has 2 amide bonds. The Hall–Kier alpha value is -1.93. The van der Waals surface area contributed by atoms with Crippen LogP contribution in [0.3, 0.4) is 0 Å². The summed E-state index contributed by atoms with van der Waals surface area (Å²) >= 11 is 0. The van der Waals surface area contributed by atoms with Crippen molar-refractivity contribution in [1.29, 1.82) is 0 Å². The molecule has 8 heteroatoms. The van der Waals surface area contributed by atoms with Crippen LogP contribution >= 0.6 is 0 Å². The van der Waals surface area contributed by atoms with Crippen molar-refractivity contribution in [3.8, 4) is 0 Å². The molecule has 0 bridgehead atoms. The summed E-state index contributed by atoms with van der Waals surface area (Å²) in [6, 6.07) is -0.156. The van der Waals surface area contributed by atoms with Crippen LogP contribution in [0.15, 0.2) is 12.4 Å². The molecule has 1 aromatic rings. The predicted octanol–water partition coefficient (Wildman–Crippen LogP) is 0.705. The van der Waals surface area contributed by atoms with E-state index in [1.54, 1.807) is 18.0 Å². The average molecular weight is 339 g/mol. The Bertz CT molecular complexity index is 516. The molecular weight excluding hydrogens is 310 g/mol. The standard InChI is InChI=1S/C16H29N5O3/c1-5-6-7-13(12-24-4)18-15(22)16(23)19-14-10-17-21(11-14)9-8-20(2)3/h10-11,13H,5-9,12H2,1-4H3,(H,18,22)(H,19,23). The highest BCUT2D eigenvalue weighted by Crippen LogP contribution is 2.05. The van der Waals surface area contributed by atoms with Gasteiger partial charge in [-0.1, -0.05) is 19.8 Å². The Morgan fingerprint density at radius 3 is 2.75 bits per heavy atom. The number of methoxy groups -OCH3 is 1. The van der Waals surface area contributed by atoms with Crippen molar-refractivity contribution in [2.75, 3.05) is 39.7 Å². The first kappa shape index (κ1) is 20.1. The first-order chi connectivity index (χ1) is 11.5. The first-order valence-corrected chi connectivity index (χ1v) is 8.24. The molecule has 1 unspecified atom stereocenters. The number of hydrogen-bond acceptors (Lipinski definition) is 5. The monoisotopic (exact) mass is 339 g/mol. The van der Waals surface area contributed by atoms with Crippen LogP contribution in [0, 0.1) is 0 Å². The van der Waals surface area contributed by atoms with Gasteiger partial charge in [0, 0.05) is 19.9 Å². The highest BCUT2D eigenvalue weighted by Gasteiger charge is 2.19. The second kappa shape index (κ2) is 10.8. The van der Waals surface area contributed by atoms with Crippen LogP contribution < -0.4 is 10.6 Å². The second-order valence-electron chi connectivity index (χ2n) is 6.02. The van der Waals surface area contributed by atoms with Crippen molar-refractivity contribution in [2.24, 2.45) is 0 Å². The molecule has 0 aromatic carbocycles. The van der Waals surface area contributed by atoms with Crippen molar-refractivity contribution in [2.45, 2.75) is 38.8 Å². The minimum atomic E-state index is -0.695. The van der Waals surface area contributed by atoms with Crippen LogP contribution in [-0.2, 0) is 20.9 Å². The third-order valence-electron chi connectivity index (χ3n) is 3.48. The molecule has 1 heterocycles. The number of carbonyl (C=O) groups is 2. The number of hydrogen-bond donors (Lipinski definition) is 2. The molecule has 24 heavy (non-hydrogen) atoms. The Labute approximate surface area is 143 Å². The third kappa shape index (κ3) is 7.56. The molecule has 0 fully saturated rings. The molecule has 1 aromatic heterocycles. The topological polar surface area (TPSA) is 88.5 Å². The largest absolute Gasteiger partial charge is 0.383 e. The van der Waals surface area contributed by atoms with Gasteiger partial charge in [0.15, 0.2) is 0 Å². The summed E-state index contributed by atoms with van der Waals surface area (Å²) in [5.74, 6) is -1.35. The molecule has 1 atom stereocenters. The number of nitrogens with one attached hydrogen (secondary N) is 2. The molecule has 1 rings (SSSR count). The van der Waals surface area contributed by atoms with Gasteiger partial charge in [-0.3, -0.25) is 14.3 Å². The van der Waals surface area contributed by atoms with Crippen molar-refractivity contribution in [1.82, 2.24) is 20.0 Å². The van der Waals surface area contributed by atoms with Gasteiger partial charge >= 0.3 is 11.8 Å². The van der Waals surface area contributed by atoms with Crippen LogP contribution in [0.1, 0.15) is 26.2 Å². The molecule has 0 aliphatic carbocycles. The molecule has 8 nitrogen and oxygen atoms in total. The second-order valence-corrected chi connectivity index (χ2v) is 6.02. The maximum absolute atomic E-state index is 12.0. The number of anilines is 1. The van der Waals surface area contributed by atoms with E-state index in [1.165, 1.54) is 6.20 Å². The molecule has 2 N–H and O–H groups in total. The van der Waals surface area contributed by atoms with Crippen LogP contribution in [0.2, 0.25) is 0 Å². The van der Waals surface area contributed by atoms with Gasteiger partial charge in [-0.15, -0.1) is 0 Å². The Morgan fingerprint density at radius 2 is 2.12 bits per heavy atom. The van der Waals surface area contributed by atoms with Gasteiger partial charge in [-0.25, -0.2) is 0 Å². The Balaban J connectivity index is 2.49. The number of unbranched alkanes of at least 4 members (excludes halogenated alkanes) is 1. The Morgan fingerprint density at radius 1 is 1.38 bits per heavy atom. The summed E-state index contributed by atoms with van der Waals surface area (Å²) < 4.78 is 6.81. The van der Waals surface area contributed by atoms with Gasteiger partial charge in [0.05, 0.1) is 31.1 Å². The average Bonchev–Trinajstić information content (AvgIpc) is 2.98. The van der Waals surface area contributed by atoms with Crippen LogP contribution in [0.5, 0.6) is 0 Å². The number of likely N-dealkylation sites (N-methyl/N-ethyl adjacent to an activating group) is 1. The number of nitrogens with zero attached hydrogens (tertiary/aromatic N) is 3. The van der Waals surface area contributed by atoms with Gasteiger partial charge in [0.1, 0.15) is 0 Å². The van der Waals surface area contributed by atoms with E-state index in [4.69, 9.17) is 4.74 Å². The maximum Gasteiger partial charge on any atom is 0.313 e. The van der Waals surface area contributed by atoms with E-state index in [1.807, 2.05) is 19.0 Å². The van der Waals surface area contributed by atoms with E-state index in [0.29, 0.717) is 18.8 Å². The van der Waals surface area contributed by atoms with E-state index >= 15 is 0 Å². The van der Waals surface area contributed by atoms with Gasteiger partial charge in [0.2, 0.25) is 0 Å². The molecular formula is C16H29N5O3. The van der Waals surface area contributed by atoms with Crippen LogP contribution in [0.4, 0.5) is 5.69 Å². The summed E-state index contributed by atoms with van der Waals surface area (Å²) in [6.45, 7) is 4.02. The van der Waals surface area contributed by atoms with E-state index in [2.05, 4.69) is 22.7 Å². The van der Waals surface area contributed by atoms with Crippen molar-refractivity contribution >= 4 is 17.5 Å². The summed E-state index contributed by atoms with van der Waals surface area (Å²) in [6.07, 6.45) is 6.01. The quantitative estimate of drug-likeness (QED) is 0.613. The minimum Gasteiger partial charge on any atom is -0.383 e. The SMILES string of the molecule is CCCCC(COC)NC(=O)C(=O)Nc1cnn(CCN(C)C)c1. The molecule has 0 aliphatic heterocycles. The number of amides is 2. The van der Waals surface area contributed by atoms with E-state index < -0.39 is 11.8 Å². The van der Waals surface area contributed by atoms with E-state index in [-0.39, 0.29) is 6.04 Å². The lowest BCUT2D eigenvalue weighted by Gasteiger charge is -2.17. The van der Waals surface area contributed by atoms with Crippen LogP contribution in [-0.4, -0.2) is 66.9 Å². The zero-order valence-electron chi connectivity index (χ0n) is 15.0. The van der Waals surface area contributed by atoms with Gasteiger partial charge in [-0.05, 0) is 20.5 Å². The molecule has 0 saturated heterocycles.